The first-order valence-electron chi connectivity index (χ1n) is 6.73. The van der Waals surface area contributed by atoms with Gasteiger partial charge in [0.2, 0.25) is 0 Å². The van der Waals surface area contributed by atoms with Crippen molar-refractivity contribution in [2.75, 3.05) is 0 Å². The summed E-state index contributed by atoms with van der Waals surface area (Å²) >= 11 is 0. The number of aromatic nitrogens is 1. The smallest absolute Gasteiger partial charge is 0.476 e. The molecular weight excluding hydrogens is 324 g/mol. The molecule has 0 aliphatic heterocycles. The number of carboxylic acid groups (broad SMARTS) is 1. The van der Waals surface area contributed by atoms with E-state index in [4.69, 9.17) is 19.1 Å². The van der Waals surface area contributed by atoms with Crippen LogP contribution in [-0.2, 0) is 4.74 Å². The van der Waals surface area contributed by atoms with Crippen LogP contribution in [0.2, 0.25) is 0 Å². The number of carboxylic acids is 1. The standard InChI is InChI=1S/C14H12N2O8/c1-2-11(12-7-10(13(17)18)15-24-12)23-14(19)22-9-5-3-8(4-6-9)16(20)21/h3-7,11H,2H2,1H3,(H,17,18). The van der Waals surface area contributed by atoms with Crippen LogP contribution in [0.15, 0.2) is 34.9 Å². The fourth-order valence-electron chi connectivity index (χ4n) is 1.76. The largest absolute Gasteiger partial charge is 0.514 e. The third-order valence-corrected chi connectivity index (χ3v) is 2.92. The van der Waals surface area contributed by atoms with Crippen molar-refractivity contribution in [3.8, 4) is 5.75 Å². The number of aromatic carboxylic acids is 1. The van der Waals surface area contributed by atoms with Crippen molar-refractivity contribution in [2.24, 2.45) is 0 Å². The summed E-state index contributed by atoms with van der Waals surface area (Å²) in [4.78, 5) is 32.5. The number of nitro benzene ring substituents is 1. The molecule has 1 aromatic heterocycles. The van der Waals surface area contributed by atoms with Crippen molar-refractivity contribution < 1.29 is 33.6 Å². The number of carbonyl (C=O) groups excluding carboxylic acids is 1. The van der Waals surface area contributed by atoms with Gasteiger partial charge in [0.15, 0.2) is 17.6 Å². The molecule has 0 aliphatic rings. The molecule has 1 heterocycles. The zero-order chi connectivity index (χ0) is 17.7. The van der Waals surface area contributed by atoms with Crippen LogP contribution in [0.1, 0.15) is 35.7 Å². The maximum absolute atomic E-state index is 11.8. The minimum Gasteiger partial charge on any atom is -0.476 e. The topological polar surface area (TPSA) is 142 Å². The highest BCUT2D eigenvalue weighted by Gasteiger charge is 2.23. The molecule has 10 heteroatoms. The lowest BCUT2D eigenvalue weighted by molar-refractivity contribution is -0.384. The van der Waals surface area contributed by atoms with Crippen LogP contribution in [-0.4, -0.2) is 27.3 Å². The molecule has 0 fully saturated rings. The molecule has 1 N–H and O–H groups in total. The minimum absolute atomic E-state index is 0.0595. The van der Waals surface area contributed by atoms with E-state index in [1.807, 2.05) is 0 Å². The number of rotatable bonds is 6. The zero-order valence-corrected chi connectivity index (χ0v) is 12.4. The molecule has 0 aliphatic carbocycles. The number of non-ortho nitro benzene ring substituents is 1. The van der Waals surface area contributed by atoms with E-state index in [0.717, 1.165) is 6.07 Å². The van der Waals surface area contributed by atoms with E-state index in [9.17, 15) is 19.7 Å². The van der Waals surface area contributed by atoms with Crippen LogP contribution in [0, 0.1) is 10.1 Å². The van der Waals surface area contributed by atoms with Crippen molar-refractivity contribution in [3.63, 3.8) is 0 Å². The maximum atomic E-state index is 11.8. The van der Waals surface area contributed by atoms with Gasteiger partial charge in [-0.3, -0.25) is 10.1 Å². The first-order valence-corrected chi connectivity index (χ1v) is 6.73. The molecule has 10 nitrogen and oxygen atoms in total. The van der Waals surface area contributed by atoms with Crippen LogP contribution in [0.5, 0.6) is 5.75 Å². The second-order valence-corrected chi connectivity index (χ2v) is 4.54. The van der Waals surface area contributed by atoms with Crippen LogP contribution in [0.25, 0.3) is 0 Å². The summed E-state index contributed by atoms with van der Waals surface area (Å²) in [5.41, 5.74) is -0.458. The number of ether oxygens (including phenoxy) is 2. The van der Waals surface area contributed by atoms with Crippen LogP contribution in [0.3, 0.4) is 0 Å². The molecule has 24 heavy (non-hydrogen) atoms. The van der Waals surface area contributed by atoms with Crippen molar-refractivity contribution in [1.29, 1.82) is 0 Å². The normalized spacial score (nSPS) is 11.5. The lowest BCUT2D eigenvalue weighted by Gasteiger charge is -2.12. The molecule has 2 rings (SSSR count). The lowest BCUT2D eigenvalue weighted by atomic mass is 10.2. The second-order valence-electron chi connectivity index (χ2n) is 4.54. The SMILES string of the molecule is CCC(OC(=O)Oc1ccc([N+](=O)[O-])cc1)c1cc(C(=O)O)no1. The molecule has 0 amide bonds. The number of nitrogens with zero attached hydrogens (tertiary/aromatic N) is 2. The van der Waals surface area contributed by atoms with Gasteiger partial charge in [0.05, 0.1) is 4.92 Å². The fourth-order valence-corrected chi connectivity index (χ4v) is 1.76. The predicted molar refractivity (Wildman–Crippen MR) is 76.7 cm³/mol. The number of hydrogen-bond donors (Lipinski definition) is 1. The Labute approximate surface area is 134 Å². The molecule has 0 saturated carbocycles. The van der Waals surface area contributed by atoms with Gasteiger partial charge in [-0.2, -0.15) is 0 Å². The van der Waals surface area contributed by atoms with Gasteiger partial charge in [-0.1, -0.05) is 12.1 Å². The van der Waals surface area contributed by atoms with E-state index in [0.29, 0.717) is 6.42 Å². The van der Waals surface area contributed by atoms with E-state index < -0.39 is 23.2 Å². The Morgan fingerprint density at radius 1 is 1.38 bits per heavy atom. The van der Waals surface area contributed by atoms with Gasteiger partial charge in [-0.15, -0.1) is 0 Å². The first kappa shape index (κ1) is 16.9. The van der Waals surface area contributed by atoms with E-state index in [1.54, 1.807) is 6.92 Å². The van der Waals surface area contributed by atoms with Gasteiger partial charge < -0.3 is 19.1 Å². The van der Waals surface area contributed by atoms with Crippen LogP contribution in [0.4, 0.5) is 10.5 Å². The summed E-state index contributed by atoms with van der Waals surface area (Å²) in [6.07, 6.45) is -1.65. The van der Waals surface area contributed by atoms with E-state index in [1.165, 1.54) is 24.3 Å². The molecule has 126 valence electrons. The summed E-state index contributed by atoms with van der Waals surface area (Å²) in [5, 5.41) is 22.7. The minimum atomic E-state index is -1.27. The molecular formula is C14H12N2O8. The number of benzene rings is 1. The van der Waals surface area contributed by atoms with E-state index >= 15 is 0 Å². The summed E-state index contributed by atoms with van der Waals surface area (Å²) in [6, 6.07) is 6.00. The second kappa shape index (κ2) is 7.22. The Hall–Kier alpha value is -3.43. The molecule has 0 radical (unpaired) electrons. The molecule has 1 aromatic carbocycles. The van der Waals surface area contributed by atoms with Crippen molar-refractivity contribution in [2.45, 2.75) is 19.4 Å². The predicted octanol–water partition coefficient (Wildman–Crippen LogP) is 2.95. The molecule has 1 unspecified atom stereocenters. The maximum Gasteiger partial charge on any atom is 0.514 e. The average molecular weight is 336 g/mol. The number of hydrogen-bond acceptors (Lipinski definition) is 8. The van der Waals surface area contributed by atoms with Crippen molar-refractivity contribution in [3.05, 3.63) is 51.9 Å². The van der Waals surface area contributed by atoms with E-state index in [2.05, 4.69) is 5.16 Å². The Morgan fingerprint density at radius 2 is 2.04 bits per heavy atom. The Balaban J connectivity index is 2.00. The van der Waals surface area contributed by atoms with Crippen LogP contribution < -0.4 is 4.74 Å². The highest BCUT2D eigenvalue weighted by molar-refractivity contribution is 5.85. The third-order valence-electron chi connectivity index (χ3n) is 2.92. The first-order chi connectivity index (χ1) is 11.4. The van der Waals surface area contributed by atoms with Gasteiger partial charge in [-0.05, 0) is 18.6 Å². The Bertz CT molecular complexity index is 752. The van der Waals surface area contributed by atoms with Gasteiger partial charge >= 0.3 is 12.1 Å². The summed E-state index contributed by atoms with van der Waals surface area (Å²) in [7, 11) is 0. The monoisotopic (exact) mass is 336 g/mol. The molecule has 2 aromatic rings. The highest BCUT2D eigenvalue weighted by Crippen LogP contribution is 2.24. The van der Waals surface area contributed by atoms with Gasteiger partial charge in [-0.25, -0.2) is 9.59 Å². The number of carbonyl (C=O) groups is 2. The zero-order valence-electron chi connectivity index (χ0n) is 12.4. The van der Waals surface area contributed by atoms with Crippen molar-refractivity contribution >= 4 is 17.8 Å². The number of nitro groups is 1. The summed E-state index contributed by atoms with van der Waals surface area (Å²) in [5.74, 6) is -1.15. The van der Waals surface area contributed by atoms with Gasteiger partial charge in [0.25, 0.3) is 5.69 Å². The lowest BCUT2D eigenvalue weighted by Crippen LogP contribution is -2.14. The molecule has 1 atom stereocenters. The average Bonchev–Trinajstić information content (AvgIpc) is 3.03. The molecule has 0 saturated heterocycles. The van der Waals surface area contributed by atoms with Gasteiger partial charge in [0, 0.05) is 18.2 Å². The fraction of sp³-hybridized carbons (Fsp3) is 0.214. The van der Waals surface area contributed by atoms with E-state index in [-0.39, 0.29) is 22.9 Å². The van der Waals surface area contributed by atoms with Gasteiger partial charge in [0.1, 0.15) is 5.75 Å². The molecule has 0 bridgehead atoms. The highest BCUT2D eigenvalue weighted by atomic mass is 16.7. The van der Waals surface area contributed by atoms with Crippen molar-refractivity contribution in [1.82, 2.24) is 5.16 Å². The summed E-state index contributed by atoms with van der Waals surface area (Å²) in [6.45, 7) is 1.69. The Morgan fingerprint density at radius 3 is 2.54 bits per heavy atom. The summed E-state index contributed by atoms with van der Waals surface area (Å²) < 4.78 is 14.8. The van der Waals surface area contributed by atoms with Crippen LogP contribution >= 0.6 is 0 Å². The quantitative estimate of drug-likeness (QED) is 0.364. The molecule has 0 spiro atoms. The third kappa shape index (κ3) is 4.06. The Kier molecular flexibility index (Phi) is 5.09.